The Labute approximate surface area is 326 Å². The molecule has 0 aliphatic rings. The first-order valence-electron chi connectivity index (χ1n) is 19.1. The van der Waals surface area contributed by atoms with Gasteiger partial charge in [-0.1, -0.05) is 152 Å². The van der Waals surface area contributed by atoms with Crippen LogP contribution in [-0.2, 0) is 0 Å². The lowest BCUT2D eigenvalue weighted by Crippen LogP contribution is -2.08. The van der Waals surface area contributed by atoms with E-state index in [0.29, 0.717) is 17.5 Å². The monoisotopic (exact) mass is 729 g/mol. The zero-order valence-electron chi connectivity index (χ0n) is 30.5. The van der Waals surface area contributed by atoms with E-state index in [-0.39, 0.29) is 0 Å². The molecule has 12 rings (SSSR count). The molecule has 0 fully saturated rings. The number of aromatic nitrogens is 5. The second-order valence-corrected chi connectivity index (χ2v) is 14.4. The van der Waals surface area contributed by atoms with Crippen molar-refractivity contribution in [3.8, 4) is 45.5 Å². The van der Waals surface area contributed by atoms with Crippen molar-refractivity contribution in [1.29, 1.82) is 0 Å². The van der Waals surface area contributed by atoms with Crippen LogP contribution < -0.4 is 0 Å². The highest BCUT2D eigenvalue weighted by Crippen LogP contribution is 2.47. The zero-order chi connectivity index (χ0) is 37.5. The van der Waals surface area contributed by atoms with Crippen LogP contribution in [0.3, 0.4) is 0 Å². The highest BCUT2D eigenvalue weighted by atomic mass is 16.3. The summed E-state index contributed by atoms with van der Waals surface area (Å²) in [6, 6.07) is 65.4. The van der Waals surface area contributed by atoms with Gasteiger partial charge in [0, 0.05) is 44.1 Å². The van der Waals surface area contributed by atoms with E-state index in [9.17, 15) is 0 Å². The zero-order valence-corrected chi connectivity index (χ0v) is 30.5. The molecular formula is C51H31N5O. The van der Waals surface area contributed by atoms with Gasteiger partial charge < -0.3 is 13.6 Å². The maximum atomic E-state index is 6.88. The Hall–Kier alpha value is -7.83. The molecule has 0 unspecified atom stereocenters. The van der Waals surface area contributed by atoms with Crippen molar-refractivity contribution in [2.24, 2.45) is 0 Å². The van der Waals surface area contributed by atoms with Crippen LogP contribution in [0.25, 0.3) is 111 Å². The maximum absolute atomic E-state index is 6.88. The number of nitrogens with zero attached hydrogens (tertiary/aromatic N) is 5. The largest absolute Gasteiger partial charge is 0.456 e. The fourth-order valence-corrected chi connectivity index (χ4v) is 8.74. The van der Waals surface area contributed by atoms with Crippen LogP contribution in [0.1, 0.15) is 0 Å². The number of hydrogen-bond donors (Lipinski definition) is 0. The Balaban J connectivity index is 1.35. The van der Waals surface area contributed by atoms with Gasteiger partial charge in [0.15, 0.2) is 17.5 Å². The molecule has 6 heteroatoms. The molecule has 0 atom stereocenters. The second kappa shape index (κ2) is 12.3. The molecule has 0 spiro atoms. The third-order valence-corrected chi connectivity index (χ3v) is 11.2. The summed E-state index contributed by atoms with van der Waals surface area (Å²) in [5.41, 5.74) is 10.4. The lowest BCUT2D eigenvalue weighted by molar-refractivity contribution is 0.668. The number of benzene rings is 8. The van der Waals surface area contributed by atoms with Gasteiger partial charge in [0.1, 0.15) is 11.2 Å². The summed E-state index contributed by atoms with van der Waals surface area (Å²) in [6.45, 7) is 0. The van der Waals surface area contributed by atoms with Gasteiger partial charge in [-0.25, -0.2) is 15.0 Å². The smallest absolute Gasteiger partial charge is 0.168 e. The molecule has 266 valence electrons. The lowest BCUT2D eigenvalue weighted by Gasteiger charge is -2.21. The van der Waals surface area contributed by atoms with Crippen molar-refractivity contribution < 1.29 is 4.42 Å². The molecule has 0 aliphatic heterocycles. The Morgan fingerprint density at radius 2 is 0.754 bits per heavy atom. The molecule has 0 N–H and O–H groups in total. The van der Waals surface area contributed by atoms with Gasteiger partial charge in [-0.3, -0.25) is 0 Å². The van der Waals surface area contributed by atoms with Gasteiger partial charge in [-0.05, 0) is 30.3 Å². The van der Waals surface area contributed by atoms with Crippen molar-refractivity contribution in [3.63, 3.8) is 0 Å². The first-order chi connectivity index (χ1) is 28.3. The summed E-state index contributed by atoms with van der Waals surface area (Å²) in [6.07, 6.45) is 0. The van der Waals surface area contributed by atoms with Crippen LogP contribution >= 0.6 is 0 Å². The molecule has 4 aromatic heterocycles. The van der Waals surface area contributed by atoms with Gasteiger partial charge in [-0.15, -0.1) is 0 Å². The summed E-state index contributed by atoms with van der Waals surface area (Å²) >= 11 is 0. The standard InChI is InChI=1S/C51H31N5O/c1-3-17-32(18-4-1)49-52-50(33-19-5-2-6-20-33)54-51(53-49)47-43(55-39-26-12-7-21-34(39)35-22-8-13-27-40(35)55)31-45-46(38-25-11-16-30-44(38)57-45)48(47)56-41-28-14-9-23-36(41)37-24-10-15-29-42(37)56/h1-31H. The normalized spacial score (nSPS) is 11.9. The third kappa shape index (κ3) is 4.74. The van der Waals surface area contributed by atoms with Crippen molar-refractivity contribution in [2.75, 3.05) is 0 Å². The predicted molar refractivity (Wildman–Crippen MR) is 232 cm³/mol. The Morgan fingerprint density at radius 3 is 1.26 bits per heavy atom. The van der Waals surface area contributed by atoms with E-state index in [1.54, 1.807) is 0 Å². The quantitative estimate of drug-likeness (QED) is 0.177. The number of hydrogen-bond acceptors (Lipinski definition) is 4. The summed E-state index contributed by atoms with van der Waals surface area (Å²) < 4.78 is 11.6. The summed E-state index contributed by atoms with van der Waals surface area (Å²) in [4.78, 5) is 16.0. The molecule has 0 saturated heterocycles. The van der Waals surface area contributed by atoms with E-state index in [4.69, 9.17) is 19.4 Å². The average molecular weight is 730 g/mol. The van der Waals surface area contributed by atoms with Crippen LogP contribution in [0.15, 0.2) is 192 Å². The molecular weight excluding hydrogens is 699 g/mol. The van der Waals surface area contributed by atoms with Gasteiger partial charge in [0.25, 0.3) is 0 Å². The number of para-hydroxylation sites is 5. The van der Waals surface area contributed by atoms with E-state index >= 15 is 0 Å². The van der Waals surface area contributed by atoms with Crippen LogP contribution in [0.5, 0.6) is 0 Å². The van der Waals surface area contributed by atoms with E-state index in [0.717, 1.165) is 93.6 Å². The summed E-state index contributed by atoms with van der Waals surface area (Å²) in [5.74, 6) is 1.75. The molecule has 57 heavy (non-hydrogen) atoms. The minimum atomic E-state index is 0.559. The lowest BCUT2D eigenvalue weighted by atomic mass is 10.0. The molecule has 12 aromatic rings. The van der Waals surface area contributed by atoms with E-state index in [1.165, 1.54) is 0 Å². The predicted octanol–water partition coefficient (Wildman–Crippen LogP) is 13.0. The SMILES string of the molecule is c1ccc(-c2nc(-c3ccccc3)nc(-c3c(-n4c5ccccc5c5ccccc54)cc4oc5ccccc5c4c3-n3c4ccccc4c4ccccc43)n2)cc1. The number of furan rings is 1. The molecule has 0 aliphatic carbocycles. The van der Waals surface area contributed by atoms with E-state index < -0.39 is 0 Å². The van der Waals surface area contributed by atoms with Crippen LogP contribution in [-0.4, -0.2) is 24.1 Å². The van der Waals surface area contributed by atoms with Crippen molar-refractivity contribution in [3.05, 3.63) is 188 Å². The van der Waals surface area contributed by atoms with Gasteiger partial charge in [0.2, 0.25) is 0 Å². The molecule has 0 saturated carbocycles. The van der Waals surface area contributed by atoms with Crippen molar-refractivity contribution in [2.45, 2.75) is 0 Å². The number of rotatable bonds is 5. The van der Waals surface area contributed by atoms with Crippen LogP contribution in [0.2, 0.25) is 0 Å². The minimum absolute atomic E-state index is 0.559. The average Bonchev–Trinajstić information content (AvgIpc) is 3.94. The van der Waals surface area contributed by atoms with Crippen LogP contribution in [0.4, 0.5) is 0 Å². The Kier molecular flexibility index (Phi) is 6.83. The summed E-state index contributed by atoms with van der Waals surface area (Å²) in [5, 5.41) is 6.64. The molecule has 0 amide bonds. The van der Waals surface area contributed by atoms with E-state index in [2.05, 4.69) is 155 Å². The molecule has 6 nitrogen and oxygen atoms in total. The molecule has 8 aromatic carbocycles. The minimum Gasteiger partial charge on any atom is -0.456 e. The second-order valence-electron chi connectivity index (χ2n) is 14.4. The van der Waals surface area contributed by atoms with Gasteiger partial charge in [0.05, 0.1) is 44.4 Å². The Morgan fingerprint density at radius 1 is 0.351 bits per heavy atom. The maximum Gasteiger partial charge on any atom is 0.168 e. The Bertz CT molecular complexity index is 3360. The van der Waals surface area contributed by atoms with Crippen molar-refractivity contribution >= 4 is 65.6 Å². The fourth-order valence-electron chi connectivity index (χ4n) is 8.74. The third-order valence-electron chi connectivity index (χ3n) is 11.2. The molecule has 4 heterocycles. The summed E-state index contributed by atoms with van der Waals surface area (Å²) in [7, 11) is 0. The van der Waals surface area contributed by atoms with Crippen LogP contribution in [0, 0.1) is 0 Å². The topological polar surface area (TPSA) is 61.7 Å². The van der Waals surface area contributed by atoms with Crippen molar-refractivity contribution in [1.82, 2.24) is 24.1 Å². The number of fused-ring (bicyclic) bond motifs is 9. The molecule has 0 bridgehead atoms. The van der Waals surface area contributed by atoms with Gasteiger partial charge in [-0.2, -0.15) is 0 Å². The van der Waals surface area contributed by atoms with E-state index in [1.807, 2.05) is 42.5 Å². The fraction of sp³-hybridized carbons (Fsp3) is 0. The van der Waals surface area contributed by atoms with Gasteiger partial charge >= 0.3 is 0 Å². The highest BCUT2D eigenvalue weighted by molar-refractivity contribution is 6.18. The first kappa shape index (κ1) is 31.5. The highest BCUT2D eigenvalue weighted by Gasteiger charge is 2.29. The molecule has 0 radical (unpaired) electrons. The first-order valence-corrected chi connectivity index (χ1v) is 19.1.